The van der Waals surface area contributed by atoms with E-state index < -0.39 is 5.97 Å². The lowest BCUT2D eigenvalue weighted by Gasteiger charge is -2.02. The molecule has 1 N–H and O–H groups in total. The quantitative estimate of drug-likeness (QED) is 0.764. The maximum atomic E-state index is 10.2. The first-order chi connectivity index (χ1) is 6.22. The minimum Gasteiger partial charge on any atom is -0.482 e. The summed E-state index contributed by atoms with van der Waals surface area (Å²) in [6.07, 6.45) is 1.71. The Morgan fingerprint density at radius 2 is 2.08 bits per heavy atom. The van der Waals surface area contributed by atoms with Gasteiger partial charge in [0.1, 0.15) is 5.75 Å². The van der Waals surface area contributed by atoms with Gasteiger partial charge in [0.25, 0.3) is 0 Å². The maximum Gasteiger partial charge on any atom is 0.341 e. The monoisotopic (exact) mass is 178 g/mol. The van der Waals surface area contributed by atoms with Gasteiger partial charge >= 0.3 is 5.97 Å². The van der Waals surface area contributed by atoms with Crippen molar-refractivity contribution in [1.29, 1.82) is 0 Å². The van der Waals surface area contributed by atoms with Crippen LogP contribution in [0.5, 0.6) is 5.75 Å². The Balaban J connectivity index is 2.59. The van der Waals surface area contributed by atoms with Crippen LogP contribution in [-0.2, 0) is 4.79 Å². The lowest BCUT2D eigenvalue weighted by atomic mass is 10.2. The first-order valence-corrected chi connectivity index (χ1v) is 3.79. The van der Waals surface area contributed by atoms with Crippen LogP contribution >= 0.6 is 0 Å². The number of carbonyl (C=O) groups is 1. The van der Waals surface area contributed by atoms with Crippen LogP contribution in [0.15, 0.2) is 30.8 Å². The molecular weight excluding hydrogens is 168 g/mol. The fourth-order valence-corrected chi connectivity index (χ4v) is 0.845. The molecule has 0 aliphatic rings. The van der Waals surface area contributed by atoms with E-state index in [1.165, 1.54) is 0 Å². The molecule has 13 heavy (non-hydrogen) atoms. The second kappa shape index (κ2) is 4.30. The highest BCUT2D eigenvalue weighted by Gasteiger charge is 1.97. The first-order valence-electron chi connectivity index (χ1n) is 3.79. The van der Waals surface area contributed by atoms with Crippen LogP contribution in [0.25, 0.3) is 6.08 Å². The summed E-state index contributed by atoms with van der Waals surface area (Å²) in [5, 5.41) is 8.33. The number of rotatable bonds is 4. The van der Waals surface area contributed by atoms with Gasteiger partial charge in [-0.1, -0.05) is 24.8 Å². The summed E-state index contributed by atoms with van der Waals surface area (Å²) >= 11 is 0. The minimum absolute atomic E-state index is 0.312. The molecule has 0 heterocycles. The van der Waals surface area contributed by atoms with E-state index >= 15 is 0 Å². The molecule has 1 aromatic rings. The maximum absolute atomic E-state index is 10.2. The van der Waals surface area contributed by atoms with Crippen molar-refractivity contribution in [3.63, 3.8) is 0 Å². The van der Waals surface area contributed by atoms with E-state index in [0.29, 0.717) is 5.75 Å². The summed E-state index contributed by atoms with van der Waals surface area (Å²) in [6.45, 7) is 3.29. The number of ether oxygens (including phenoxy) is 1. The van der Waals surface area contributed by atoms with Crippen LogP contribution in [0.2, 0.25) is 0 Å². The van der Waals surface area contributed by atoms with Crippen LogP contribution in [0, 0.1) is 0 Å². The molecule has 1 rings (SSSR count). The molecule has 0 unspecified atom stereocenters. The van der Waals surface area contributed by atoms with Gasteiger partial charge in [0.05, 0.1) is 0 Å². The summed E-state index contributed by atoms with van der Waals surface area (Å²) in [5.41, 5.74) is 0.975. The highest BCUT2D eigenvalue weighted by atomic mass is 16.5. The van der Waals surface area contributed by atoms with Crippen LogP contribution in [0.4, 0.5) is 0 Å². The van der Waals surface area contributed by atoms with Gasteiger partial charge in [-0.15, -0.1) is 0 Å². The SMILES string of the molecule is C=Cc1ccc(OCC(=O)O)cc1. The van der Waals surface area contributed by atoms with Crippen LogP contribution in [-0.4, -0.2) is 17.7 Å². The van der Waals surface area contributed by atoms with E-state index in [1.807, 2.05) is 12.1 Å². The number of aliphatic carboxylic acids is 1. The van der Waals surface area contributed by atoms with Crippen LogP contribution in [0.1, 0.15) is 5.56 Å². The van der Waals surface area contributed by atoms with Gasteiger partial charge in [-0.3, -0.25) is 0 Å². The van der Waals surface area contributed by atoms with Crippen LogP contribution in [0.3, 0.4) is 0 Å². The van der Waals surface area contributed by atoms with Gasteiger partial charge in [-0.2, -0.15) is 0 Å². The Labute approximate surface area is 76.3 Å². The standard InChI is InChI=1S/C10H10O3/c1-2-8-3-5-9(6-4-8)13-7-10(11)12/h2-6H,1,7H2,(H,11,12). The second-order valence-corrected chi connectivity index (χ2v) is 2.46. The average Bonchev–Trinajstić information content (AvgIpc) is 2.15. The smallest absolute Gasteiger partial charge is 0.341 e. The number of hydrogen-bond acceptors (Lipinski definition) is 2. The van der Waals surface area contributed by atoms with Crippen molar-refractivity contribution in [3.05, 3.63) is 36.4 Å². The lowest BCUT2D eigenvalue weighted by Crippen LogP contribution is -2.09. The molecule has 0 atom stereocenters. The third kappa shape index (κ3) is 2.99. The first kappa shape index (κ1) is 9.32. The van der Waals surface area contributed by atoms with Crippen molar-refractivity contribution < 1.29 is 14.6 Å². The summed E-state index contributed by atoms with van der Waals surface area (Å²) in [6, 6.07) is 7.04. The predicted octanol–water partition coefficient (Wildman–Crippen LogP) is 1.79. The van der Waals surface area contributed by atoms with Gasteiger partial charge in [-0.25, -0.2) is 4.79 Å². The Morgan fingerprint density at radius 1 is 1.46 bits per heavy atom. The van der Waals surface area contributed by atoms with E-state index in [-0.39, 0.29) is 6.61 Å². The summed E-state index contributed by atoms with van der Waals surface area (Å²) in [5.74, 6) is -0.430. The molecule has 0 spiro atoms. The van der Waals surface area contributed by atoms with Gasteiger partial charge < -0.3 is 9.84 Å². The molecule has 0 bridgehead atoms. The fraction of sp³-hybridized carbons (Fsp3) is 0.100. The Morgan fingerprint density at radius 3 is 2.54 bits per heavy atom. The van der Waals surface area contributed by atoms with Crippen LogP contribution < -0.4 is 4.74 Å². The molecule has 3 nitrogen and oxygen atoms in total. The Bertz CT molecular complexity index is 300. The molecule has 0 fully saturated rings. The zero-order valence-corrected chi connectivity index (χ0v) is 7.06. The number of hydrogen-bond donors (Lipinski definition) is 1. The Hall–Kier alpha value is -1.77. The van der Waals surface area contributed by atoms with Crippen molar-refractivity contribution in [2.45, 2.75) is 0 Å². The second-order valence-electron chi connectivity index (χ2n) is 2.46. The molecule has 1 aromatic carbocycles. The highest BCUT2D eigenvalue weighted by molar-refractivity contribution is 5.68. The van der Waals surface area contributed by atoms with Crippen molar-refractivity contribution >= 4 is 12.0 Å². The molecule has 0 amide bonds. The number of carboxylic acids is 1. The van der Waals surface area contributed by atoms with Crippen molar-refractivity contribution in [2.24, 2.45) is 0 Å². The third-order valence-corrected chi connectivity index (χ3v) is 1.48. The molecule has 0 saturated heterocycles. The summed E-state index contributed by atoms with van der Waals surface area (Å²) in [7, 11) is 0. The van der Waals surface area contributed by atoms with E-state index in [1.54, 1.807) is 18.2 Å². The van der Waals surface area contributed by atoms with Gasteiger partial charge in [0.15, 0.2) is 6.61 Å². The van der Waals surface area contributed by atoms with Crippen molar-refractivity contribution in [1.82, 2.24) is 0 Å². The molecule has 0 aliphatic carbocycles. The van der Waals surface area contributed by atoms with Gasteiger partial charge in [0.2, 0.25) is 0 Å². The lowest BCUT2D eigenvalue weighted by molar-refractivity contribution is -0.139. The van der Waals surface area contributed by atoms with Crippen molar-refractivity contribution in [3.8, 4) is 5.75 Å². The normalized spacial score (nSPS) is 9.23. The summed E-state index contributed by atoms with van der Waals surface area (Å²) < 4.78 is 4.93. The van der Waals surface area contributed by atoms with Gasteiger partial charge in [-0.05, 0) is 17.7 Å². The third-order valence-electron chi connectivity index (χ3n) is 1.48. The molecule has 0 aliphatic heterocycles. The minimum atomic E-state index is -0.979. The fourth-order valence-electron chi connectivity index (χ4n) is 0.845. The molecule has 3 heteroatoms. The number of benzene rings is 1. The summed E-state index contributed by atoms with van der Waals surface area (Å²) in [4.78, 5) is 10.2. The van der Waals surface area contributed by atoms with Gasteiger partial charge in [0, 0.05) is 0 Å². The molecular formula is C10H10O3. The largest absolute Gasteiger partial charge is 0.482 e. The number of carboxylic acid groups (broad SMARTS) is 1. The van der Waals surface area contributed by atoms with E-state index in [4.69, 9.17) is 9.84 Å². The molecule has 0 saturated carbocycles. The van der Waals surface area contributed by atoms with E-state index in [9.17, 15) is 4.79 Å². The van der Waals surface area contributed by atoms with Crippen molar-refractivity contribution in [2.75, 3.05) is 6.61 Å². The van der Waals surface area contributed by atoms with E-state index in [2.05, 4.69) is 6.58 Å². The molecule has 68 valence electrons. The molecule has 0 radical (unpaired) electrons. The Kier molecular flexibility index (Phi) is 3.09. The average molecular weight is 178 g/mol. The molecule has 0 aromatic heterocycles. The topological polar surface area (TPSA) is 46.5 Å². The highest BCUT2D eigenvalue weighted by Crippen LogP contribution is 2.12. The van der Waals surface area contributed by atoms with E-state index in [0.717, 1.165) is 5.56 Å². The zero-order valence-electron chi connectivity index (χ0n) is 7.06. The zero-order chi connectivity index (χ0) is 9.68. The predicted molar refractivity (Wildman–Crippen MR) is 49.7 cm³/mol.